The van der Waals surface area contributed by atoms with Crippen molar-refractivity contribution < 1.29 is 0 Å². The molecule has 1 heterocycles. The lowest BCUT2D eigenvalue weighted by atomic mass is 9.98. The number of allylic oxidation sites excluding steroid dienone is 1. The Morgan fingerprint density at radius 3 is 2.56 bits per heavy atom. The number of anilines is 2. The zero-order chi connectivity index (χ0) is 13.0. The Balaban J connectivity index is 2.06. The lowest BCUT2D eigenvalue weighted by Crippen LogP contribution is -1.97. The van der Waals surface area contributed by atoms with Gasteiger partial charge >= 0.3 is 0 Å². The second kappa shape index (κ2) is 5.36. The Morgan fingerprint density at radius 1 is 1.11 bits per heavy atom. The fourth-order valence-electron chi connectivity index (χ4n) is 1.86. The summed E-state index contributed by atoms with van der Waals surface area (Å²) in [6.07, 6.45) is 5.38. The first kappa shape index (κ1) is 12.2. The summed E-state index contributed by atoms with van der Waals surface area (Å²) in [7, 11) is 0. The fourth-order valence-corrected chi connectivity index (χ4v) is 1.86. The molecule has 2 aromatic rings. The number of nitrogens with two attached hydrogens (primary N) is 2. The van der Waals surface area contributed by atoms with Gasteiger partial charge in [0, 0.05) is 29.3 Å². The molecule has 3 nitrogen and oxygen atoms in total. The van der Waals surface area contributed by atoms with Gasteiger partial charge in [0.25, 0.3) is 0 Å². The highest BCUT2D eigenvalue weighted by atomic mass is 14.6. The van der Waals surface area contributed by atoms with Crippen LogP contribution in [0.15, 0.2) is 49.3 Å². The van der Waals surface area contributed by atoms with Gasteiger partial charge in [0.15, 0.2) is 0 Å². The fraction of sp³-hybridized carbons (Fsp3) is 0.133. The molecule has 18 heavy (non-hydrogen) atoms. The number of hydrogen-bond acceptors (Lipinski definition) is 3. The van der Waals surface area contributed by atoms with E-state index in [1.54, 1.807) is 18.5 Å². The number of aromatic nitrogens is 1. The van der Waals surface area contributed by atoms with Crippen molar-refractivity contribution in [1.82, 2.24) is 4.98 Å². The van der Waals surface area contributed by atoms with Gasteiger partial charge in [-0.25, -0.2) is 0 Å². The lowest BCUT2D eigenvalue weighted by molar-refractivity contribution is 1.01. The molecule has 2 rings (SSSR count). The summed E-state index contributed by atoms with van der Waals surface area (Å²) < 4.78 is 0. The number of benzene rings is 1. The van der Waals surface area contributed by atoms with Gasteiger partial charge < -0.3 is 11.5 Å². The normalized spacial score (nSPS) is 10.2. The molecule has 0 aliphatic heterocycles. The van der Waals surface area contributed by atoms with Gasteiger partial charge in [-0.3, -0.25) is 4.98 Å². The van der Waals surface area contributed by atoms with Crippen molar-refractivity contribution in [1.29, 1.82) is 0 Å². The van der Waals surface area contributed by atoms with Crippen LogP contribution in [0.1, 0.15) is 17.5 Å². The highest BCUT2D eigenvalue weighted by molar-refractivity contribution is 5.76. The van der Waals surface area contributed by atoms with Crippen molar-refractivity contribution in [3.63, 3.8) is 0 Å². The average Bonchev–Trinajstić information content (AvgIpc) is 2.40. The molecule has 0 radical (unpaired) electrons. The summed E-state index contributed by atoms with van der Waals surface area (Å²) in [4.78, 5) is 4.00. The molecule has 1 aromatic carbocycles. The Labute approximate surface area is 107 Å². The number of hydrogen-bond donors (Lipinski definition) is 2. The Bertz CT molecular complexity index is 547. The molecule has 0 atom stereocenters. The quantitative estimate of drug-likeness (QED) is 0.806. The van der Waals surface area contributed by atoms with E-state index in [2.05, 4.69) is 11.6 Å². The first-order valence-corrected chi connectivity index (χ1v) is 5.89. The largest absolute Gasteiger partial charge is 0.399 e. The maximum Gasteiger partial charge on any atom is 0.0391 e. The molecule has 0 saturated carbocycles. The molecule has 0 spiro atoms. The van der Waals surface area contributed by atoms with Crippen LogP contribution < -0.4 is 11.5 Å². The van der Waals surface area contributed by atoms with E-state index in [1.165, 1.54) is 5.56 Å². The monoisotopic (exact) mass is 239 g/mol. The van der Waals surface area contributed by atoms with Crippen LogP contribution in [0.4, 0.5) is 11.4 Å². The standard InChI is InChI=1S/C15H17N3/c1-11(2-3-12-6-8-18-9-7-12)14-10-13(16)4-5-15(14)17/h4-10H,1-3,16-17H2. The summed E-state index contributed by atoms with van der Waals surface area (Å²) in [5, 5.41) is 0. The Kier molecular flexibility index (Phi) is 3.63. The van der Waals surface area contributed by atoms with Crippen molar-refractivity contribution in [2.24, 2.45) is 0 Å². The predicted octanol–water partition coefficient (Wildman–Crippen LogP) is 2.89. The smallest absolute Gasteiger partial charge is 0.0391 e. The zero-order valence-electron chi connectivity index (χ0n) is 10.3. The van der Waals surface area contributed by atoms with Crippen LogP contribution in [0.2, 0.25) is 0 Å². The van der Waals surface area contributed by atoms with Gasteiger partial charge in [-0.15, -0.1) is 0 Å². The van der Waals surface area contributed by atoms with Gasteiger partial charge in [0.1, 0.15) is 0 Å². The molecule has 0 saturated heterocycles. The Morgan fingerprint density at radius 2 is 1.83 bits per heavy atom. The molecule has 3 heteroatoms. The number of pyridine rings is 1. The lowest BCUT2D eigenvalue weighted by Gasteiger charge is -2.10. The van der Waals surface area contributed by atoms with E-state index >= 15 is 0 Å². The predicted molar refractivity (Wildman–Crippen MR) is 76.9 cm³/mol. The molecule has 92 valence electrons. The van der Waals surface area contributed by atoms with E-state index in [0.717, 1.165) is 29.7 Å². The third kappa shape index (κ3) is 2.88. The van der Waals surface area contributed by atoms with Crippen LogP contribution in [-0.2, 0) is 6.42 Å². The first-order valence-electron chi connectivity index (χ1n) is 5.89. The van der Waals surface area contributed by atoms with Crippen LogP contribution in [0.5, 0.6) is 0 Å². The first-order chi connectivity index (χ1) is 8.66. The third-order valence-corrected chi connectivity index (χ3v) is 2.92. The molecule has 0 unspecified atom stereocenters. The minimum Gasteiger partial charge on any atom is -0.399 e. The van der Waals surface area contributed by atoms with Crippen LogP contribution in [0, 0.1) is 0 Å². The van der Waals surface area contributed by atoms with Gasteiger partial charge in [-0.05, 0) is 54.3 Å². The second-order valence-electron chi connectivity index (χ2n) is 4.31. The van der Waals surface area contributed by atoms with E-state index in [-0.39, 0.29) is 0 Å². The number of aryl methyl sites for hydroxylation is 1. The van der Waals surface area contributed by atoms with Crippen molar-refractivity contribution in [2.75, 3.05) is 11.5 Å². The zero-order valence-corrected chi connectivity index (χ0v) is 10.3. The molecular formula is C15H17N3. The van der Waals surface area contributed by atoms with Gasteiger partial charge in [0.05, 0.1) is 0 Å². The van der Waals surface area contributed by atoms with E-state index in [1.807, 2.05) is 24.3 Å². The second-order valence-corrected chi connectivity index (χ2v) is 4.31. The third-order valence-electron chi connectivity index (χ3n) is 2.92. The van der Waals surface area contributed by atoms with Crippen molar-refractivity contribution in [2.45, 2.75) is 12.8 Å². The van der Waals surface area contributed by atoms with E-state index < -0.39 is 0 Å². The van der Waals surface area contributed by atoms with Gasteiger partial charge in [-0.2, -0.15) is 0 Å². The summed E-state index contributed by atoms with van der Waals surface area (Å²) in [5.41, 5.74) is 16.3. The minimum atomic E-state index is 0.712. The summed E-state index contributed by atoms with van der Waals surface area (Å²) >= 11 is 0. The molecule has 1 aromatic heterocycles. The van der Waals surface area contributed by atoms with Gasteiger partial charge in [0.2, 0.25) is 0 Å². The maximum absolute atomic E-state index is 5.93. The number of rotatable bonds is 4. The van der Waals surface area contributed by atoms with Crippen molar-refractivity contribution in [3.05, 3.63) is 60.4 Å². The maximum atomic E-state index is 5.93. The van der Waals surface area contributed by atoms with E-state index in [9.17, 15) is 0 Å². The topological polar surface area (TPSA) is 64.9 Å². The summed E-state index contributed by atoms with van der Waals surface area (Å²) in [5.74, 6) is 0. The van der Waals surface area contributed by atoms with Crippen LogP contribution >= 0.6 is 0 Å². The Hall–Kier alpha value is -2.29. The molecule has 4 N–H and O–H groups in total. The van der Waals surface area contributed by atoms with Crippen molar-refractivity contribution in [3.8, 4) is 0 Å². The van der Waals surface area contributed by atoms with Crippen molar-refractivity contribution >= 4 is 16.9 Å². The highest BCUT2D eigenvalue weighted by Gasteiger charge is 2.04. The highest BCUT2D eigenvalue weighted by Crippen LogP contribution is 2.26. The average molecular weight is 239 g/mol. The summed E-state index contributed by atoms with van der Waals surface area (Å²) in [6.45, 7) is 4.09. The molecule has 0 amide bonds. The SMILES string of the molecule is C=C(CCc1ccncc1)c1cc(N)ccc1N. The molecule has 0 aliphatic rings. The van der Waals surface area contributed by atoms with Crippen LogP contribution in [0.25, 0.3) is 5.57 Å². The van der Waals surface area contributed by atoms with E-state index in [4.69, 9.17) is 11.5 Å². The molecule has 0 bridgehead atoms. The van der Waals surface area contributed by atoms with Gasteiger partial charge in [-0.1, -0.05) is 6.58 Å². The molecule has 0 fully saturated rings. The molecule has 0 aliphatic carbocycles. The van der Waals surface area contributed by atoms with E-state index in [0.29, 0.717) is 5.69 Å². The molecular weight excluding hydrogens is 222 g/mol. The number of nitrogen functional groups attached to an aromatic ring is 2. The van der Waals surface area contributed by atoms with Crippen LogP contribution in [0.3, 0.4) is 0 Å². The minimum absolute atomic E-state index is 0.712. The summed E-state index contributed by atoms with van der Waals surface area (Å²) in [6, 6.07) is 9.52. The number of nitrogens with zero attached hydrogens (tertiary/aromatic N) is 1. The van der Waals surface area contributed by atoms with Crippen LogP contribution in [-0.4, -0.2) is 4.98 Å².